The Kier molecular flexibility index (Phi) is 3.43. The van der Waals surface area contributed by atoms with E-state index in [4.69, 9.17) is 5.26 Å². The molecule has 0 bridgehead atoms. The van der Waals surface area contributed by atoms with Crippen LogP contribution in [0.4, 0.5) is 5.82 Å². The maximum atomic E-state index is 11.1. The van der Waals surface area contributed by atoms with Crippen LogP contribution in [-0.4, -0.2) is 18.1 Å². The third kappa shape index (κ3) is 2.97. The molecule has 0 atom stereocenters. The van der Waals surface area contributed by atoms with Crippen molar-refractivity contribution in [2.45, 2.75) is 0 Å². The summed E-state index contributed by atoms with van der Waals surface area (Å²) in [6.45, 7) is 0. The molecule has 0 amide bonds. The van der Waals surface area contributed by atoms with Crippen molar-refractivity contribution in [2.24, 2.45) is 0 Å². The van der Waals surface area contributed by atoms with Crippen molar-refractivity contribution in [3.63, 3.8) is 0 Å². The van der Waals surface area contributed by atoms with Gasteiger partial charge in [0.25, 0.3) is 0 Å². The highest BCUT2D eigenvalue weighted by atomic mass is 79.9. The molecule has 1 aromatic rings. The Bertz CT molecular complexity index is 449. The molecule has 0 spiro atoms. The molecule has 7 heteroatoms. The largest absolute Gasteiger partial charge is 0.267 e. The molecule has 0 aromatic carbocycles. The lowest BCUT2D eigenvalue weighted by Crippen LogP contribution is -2.13. The van der Waals surface area contributed by atoms with Gasteiger partial charge >= 0.3 is 0 Å². The third-order valence-corrected chi connectivity index (χ3v) is 3.91. The number of sulfonamides is 1. The van der Waals surface area contributed by atoms with Crippen LogP contribution in [0.1, 0.15) is 5.56 Å². The number of hydrogen-bond acceptors (Lipinski definition) is 4. The highest BCUT2D eigenvalue weighted by Crippen LogP contribution is 2.07. The van der Waals surface area contributed by atoms with E-state index >= 15 is 0 Å². The van der Waals surface area contributed by atoms with Gasteiger partial charge in [-0.15, -0.1) is 0 Å². The summed E-state index contributed by atoms with van der Waals surface area (Å²) < 4.78 is 24.2. The number of nitrogens with one attached hydrogen (secondary N) is 1. The number of pyridine rings is 1. The van der Waals surface area contributed by atoms with Crippen LogP contribution in [0.25, 0.3) is 0 Å². The highest BCUT2D eigenvalue weighted by molar-refractivity contribution is 9.10. The van der Waals surface area contributed by atoms with Gasteiger partial charge in [-0.1, -0.05) is 15.9 Å². The Morgan fingerprint density at radius 2 is 2.29 bits per heavy atom. The van der Waals surface area contributed by atoms with Crippen LogP contribution in [-0.2, 0) is 10.0 Å². The molecule has 0 saturated carbocycles. The fraction of sp³-hybridized carbons (Fsp3) is 0.143. The summed E-state index contributed by atoms with van der Waals surface area (Å²) in [4.78, 5) is 3.75. The zero-order chi connectivity index (χ0) is 10.6. The summed E-state index contributed by atoms with van der Waals surface area (Å²) in [6.07, 6.45) is 1.30. The van der Waals surface area contributed by atoms with E-state index in [0.717, 1.165) is 0 Å². The topological polar surface area (TPSA) is 82.9 Å². The van der Waals surface area contributed by atoms with Crippen LogP contribution < -0.4 is 4.72 Å². The molecule has 1 aromatic heterocycles. The van der Waals surface area contributed by atoms with Crippen molar-refractivity contribution in [3.05, 3.63) is 23.9 Å². The molecule has 1 heterocycles. The molecular weight excluding hydrogens is 270 g/mol. The van der Waals surface area contributed by atoms with Gasteiger partial charge in [-0.05, 0) is 12.1 Å². The molecule has 0 aliphatic carbocycles. The van der Waals surface area contributed by atoms with E-state index in [1.165, 1.54) is 18.3 Å². The Morgan fingerprint density at radius 3 is 2.71 bits per heavy atom. The van der Waals surface area contributed by atoms with Crippen molar-refractivity contribution in [1.29, 1.82) is 5.26 Å². The summed E-state index contributed by atoms with van der Waals surface area (Å²) in [5.74, 6) is 0.198. The van der Waals surface area contributed by atoms with Gasteiger partial charge in [0, 0.05) is 6.20 Å². The molecule has 0 unspecified atom stereocenters. The average molecular weight is 276 g/mol. The number of nitriles is 1. The van der Waals surface area contributed by atoms with Crippen molar-refractivity contribution in [2.75, 3.05) is 9.38 Å². The van der Waals surface area contributed by atoms with Gasteiger partial charge in [-0.2, -0.15) is 5.26 Å². The van der Waals surface area contributed by atoms with Crippen molar-refractivity contribution >= 4 is 31.8 Å². The summed E-state index contributed by atoms with van der Waals surface area (Å²) in [6, 6.07) is 4.80. The minimum atomic E-state index is -3.37. The minimum Gasteiger partial charge on any atom is -0.267 e. The second-order valence-corrected chi connectivity index (χ2v) is 5.40. The fourth-order valence-corrected chi connectivity index (χ4v) is 1.54. The first-order chi connectivity index (χ1) is 6.57. The average Bonchev–Trinajstić information content (AvgIpc) is 2.19. The molecule has 0 aliphatic rings. The second kappa shape index (κ2) is 4.39. The van der Waals surface area contributed by atoms with Gasteiger partial charge in [0.1, 0.15) is 16.5 Å². The van der Waals surface area contributed by atoms with Gasteiger partial charge in [-0.25, -0.2) is 13.4 Å². The van der Waals surface area contributed by atoms with E-state index < -0.39 is 10.0 Å². The second-order valence-electron chi connectivity index (χ2n) is 2.37. The third-order valence-electron chi connectivity index (χ3n) is 1.30. The number of hydrogen-bond donors (Lipinski definition) is 1. The fourth-order valence-electron chi connectivity index (χ4n) is 0.707. The Balaban J connectivity index is 2.86. The van der Waals surface area contributed by atoms with Crippen LogP contribution in [0.3, 0.4) is 0 Å². The number of halogens is 1. The Hall–Kier alpha value is -1.13. The SMILES string of the molecule is N#Cc1ccc(NS(=O)(=O)CBr)nc1. The minimum absolute atomic E-state index is 0.193. The molecule has 5 nitrogen and oxygen atoms in total. The highest BCUT2D eigenvalue weighted by Gasteiger charge is 2.07. The predicted molar refractivity (Wildman–Crippen MR) is 55.3 cm³/mol. The zero-order valence-electron chi connectivity index (χ0n) is 6.94. The monoisotopic (exact) mass is 275 g/mol. The van der Waals surface area contributed by atoms with Crippen molar-refractivity contribution in [1.82, 2.24) is 4.98 Å². The molecule has 14 heavy (non-hydrogen) atoms. The molecule has 1 N–H and O–H groups in total. The van der Waals surface area contributed by atoms with E-state index in [-0.39, 0.29) is 10.5 Å². The Morgan fingerprint density at radius 1 is 1.57 bits per heavy atom. The van der Waals surface area contributed by atoms with Crippen LogP contribution in [0.15, 0.2) is 18.3 Å². The first kappa shape index (κ1) is 10.9. The number of nitrogens with zero attached hydrogens (tertiary/aromatic N) is 2. The number of aromatic nitrogens is 1. The smallest absolute Gasteiger partial charge is 0.243 e. The van der Waals surface area contributed by atoms with E-state index in [1.807, 2.05) is 6.07 Å². The quantitative estimate of drug-likeness (QED) is 0.836. The molecule has 1 rings (SSSR count). The van der Waals surface area contributed by atoms with Gasteiger partial charge in [0.2, 0.25) is 10.0 Å². The molecule has 0 fully saturated rings. The predicted octanol–water partition coefficient (Wildman–Crippen LogP) is 1.05. The summed E-state index contributed by atoms with van der Waals surface area (Å²) in [7, 11) is -3.37. The maximum absolute atomic E-state index is 11.1. The lowest BCUT2D eigenvalue weighted by atomic mass is 10.3. The lowest BCUT2D eigenvalue weighted by Gasteiger charge is -2.02. The van der Waals surface area contributed by atoms with Crippen molar-refractivity contribution < 1.29 is 8.42 Å². The Labute approximate surface area is 90.0 Å². The normalized spacial score (nSPS) is 10.6. The first-order valence-electron chi connectivity index (χ1n) is 3.50. The van der Waals surface area contributed by atoms with Crippen LogP contribution in [0, 0.1) is 11.3 Å². The van der Waals surface area contributed by atoms with Crippen LogP contribution in [0.5, 0.6) is 0 Å². The number of rotatable bonds is 3. The number of anilines is 1. The van der Waals surface area contributed by atoms with Crippen LogP contribution in [0.2, 0.25) is 0 Å². The molecular formula is C7H6BrN3O2S. The standard InChI is InChI=1S/C7H6BrN3O2S/c8-5-14(12,13)11-7-2-1-6(3-9)4-10-7/h1-2,4H,5H2,(H,10,11). The van der Waals surface area contributed by atoms with Gasteiger partial charge in [0.05, 0.1) is 5.56 Å². The molecule has 74 valence electrons. The maximum Gasteiger partial charge on any atom is 0.243 e. The lowest BCUT2D eigenvalue weighted by molar-refractivity contribution is 0.606. The van der Waals surface area contributed by atoms with Crippen LogP contribution >= 0.6 is 15.9 Å². The first-order valence-corrected chi connectivity index (χ1v) is 6.27. The van der Waals surface area contributed by atoms with Gasteiger partial charge < -0.3 is 0 Å². The number of alkyl halides is 1. The van der Waals surface area contributed by atoms with E-state index in [9.17, 15) is 8.42 Å². The molecule has 0 saturated heterocycles. The summed E-state index contributed by atoms with van der Waals surface area (Å²) in [5.41, 5.74) is 0.381. The van der Waals surface area contributed by atoms with Gasteiger partial charge in [-0.3, -0.25) is 4.72 Å². The molecule has 0 radical (unpaired) electrons. The zero-order valence-corrected chi connectivity index (χ0v) is 9.34. The van der Waals surface area contributed by atoms with E-state index in [0.29, 0.717) is 5.56 Å². The van der Waals surface area contributed by atoms with Crippen molar-refractivity contribution in [3.8, 4) is 6.07 Å². The van der Waals surface area contributed by atoms with Gasteiger partial charge in [0.15, 0.2) is 0 Å². The van der Waals surface area contributed by atoms with E-state index in [1.54, 1.807) is 0 Å². The molecule has 0 aliphatic heterocycles. The summed E-state index contributed by atoms with van der Waals surface area (Å²) in [5, 5.41) is 8.47. The summed E-state index contributed by atoms with van der Waals surface area (Å²) >= 11 is 2.83. The van der Waals surface area contributed by atoms with E-state index in [2.05, 4.69) is 25.6 Å².